The Kier molecular flexibility index (Phi) is 2.52. The average molecular weight is 257 g/mol. The van der Waals surface area contributed by atoms with Crippen molar-refractivity contribution in [3.63, 3.8) is 0 Å². The molecule has 2 N–H and O–H groups in total. The Bertz CT molecular complexity index is 524. The highest BCUT2D eigenvalue weighted by Gasteiger charge is 2.31. The van der Waals surface area contributed by atoms with Crippen LogP contribution in [-0.4, -0.2) is 31.6 Å². The van der Waals surface area contributed by atoms with E-state index >= 15 is 0 Å². The molecule has 1 saturated carbocycles. The van der Waals surface area contributed by atoms with E-state index in [1.54, 1.807) is 0 Å². The van der Waals surface area contributed by atoms with E-state index in [0.29, 0.717) is 12.5 Å². The number of carbonyl (C=O) groups excluding carboxylic acids is 1. The van der Waals surface area contributed by atoms with Crippen molar-refractivity contribution in [3.05, 3.63) is 23.8 Å². The van der Waals surface area contributed by atoms with Gasteiger partial charge in [-0.05, 0) is 36.5 Å². The molecule has 2 fully saturated rings. The molecular formula is C15H19N3O. The normalized spacial score (nSPS) is 26.2. The van der Waals surface area contributed by atoms with Gasteiger partial charge in [0.15, 0.2) is 0 Å². The first-order valence-electron chi connectivity index (χ1n) is 7.22. The first-order valence-corrected chi connectivity index (χ1v) is 7.22. The zero-order valence-electron chi connectivity index (χ0n) is 11.0. The summed E-state index contributed by atoms with van der Waals surface area (Å²) in [7, 11) is 0. The topological polar surface area (TPSA) is 44.4 Å². The molecule has 0 spiro atoms. The molecule has 1 aromatic carbocycles. The first-order chi connectivity index (χ1) is 9.31. The number of hydrogen-bond donors (Lipinski definition) is 2. The summed E-state index contributed by atoms with van der Waals surface area (Å²) in [4.78, 5) is 14.4. The van der Waals surface area contributed by atoms with Crippen LogP contribution >= 0.6 is 0 Å². The fourth-order valence-electron chi connectivity index (χ4n) is 3.24. The van der Waals surface area contributed by atoms with Crippen LogP contribution in [0.5, 0.6) is 0 Å². The fraction of sp³-hybridized carbons (Fsp3) is 0.533. The molecule has 1 unspecified atom stereocenters. The molecule has 4 heteroatoms. The van der Waals surface area contributed by atoms with Crippen molar-refractivity contribution < 1.29 is 4.79 Å². The van der Waals surface area contributed by atoms with Gasteiger partial charge in [-0.1, -0.05) is 6.07 Å². The quantitative estimate of drug-likeness (QED) is 0.804. The molecule has 0 aromatic heterocycles. The Labute approximate surface area is 113 Å². The van der Waals surface area contributed by atoms with Crippen LogP contribution in [0.25, 0.3) is 0 Å². The van der Waals surface area contributed by atoms with E-state index in [9.17, 15) is 4.79 Å². The van der Waals surface area contributed by atoms with Crippen molar-refractivity contribution in [3.8, 4) is 0 Å². The number of nitrogens with zero attached hydrogens (tertiary/aromatic N) is 1. The summed E-state index contributed by atoms with van der Waals surface area (Å²) in [5.74, 6) is 0.891. The molecule has 1 atom stereocenters. The molecular weight excluding hydrogens is 238 g/mol. The molecule has 100 valence electrons. The minimum atomic E-state index is 0.136. The molecule has 1 amide bonds. The summed E-state index contributed by atoms with van der Waals surface area (Å²) in [5, 5.41) is 6.45. The Balaban J connectivity index is 1.77. The van der Waals surface area contributed by atoms with E-state index in [1.165, 1.54) is 24.1 Å². The van der Waals surface area contributed by atoms with E-state index in [-0.39, 0.29) is 5.91 Å². The maximum Gasteiger partial charge on any atom is 0.226 e. The highest BCUT2D eigenvalue weighted by Crippen LogP contribution is 2.43. The second-order valence-corrected chi connectivity index (χ2v) is 5.85. The van der Waals surface area contributed by atoms with Crippen molar-refractivity contribution >= 4 is 17.3 Å². The molecule has 19 heavy (non-hydrogen) atoms. The van der Waals surface area contributed by atoms with Gasteiger partial charge in [0.25, 0.3) is 0 Å². The number of amides is 1. The molecule has 2 heterocycles. The summed E-state index contributed by atoms with van der Waals surface area (Å²) in [5.41, 5.74) is 3.65. The minimum Gasteiger partial charge on any atom is -0.364 e. The Hall–Kier alpha value is -1.55. The second kappa shape index (κ2) is 4.23. The van der Waals surface area contributed by atoms with E-state index in [2.05, 4.69) is 33.7 Å². The van der Waals surface area contributed by atoms with Crippen molar-refractivity contribution in [1.82, 2.24) is 5.32 Å². The number of carbonyl (C=O) groups is 1. The number of benzene rings is 1. The zero-order chi connectivity index (χ0) is 12.8. The van der Waals surface area contributed by atoms with Crippen LogP contribution < -0.4 is 15.5 Å². The van der Waals surface area contributed by atoms with E-state index in [4.69, 9.17) is 0 Å². The molecule has 1 aliphatic carbocycles. The number of nitrogens with one attached hydrogen (secondary N) is 2. The summed E-state index contributed by atoms with van der Waals surface area (Å²) >= 11 is 0. The lowest BCUT2D eigenvalue weighted by Gasteiger charge is -2.36. The van der Waals surface area contributed by atoms with Gasteiger partial charge in [0.1, 0.15) is 0 Å². The van der Waals surface area contributed by atoms with E-state index in [1.807, 2.05) is 0 Å². The lowest BCUT2D eigenvalue weighted by molar-refractivity contribution is -0.116. The van der Waals surface area contributed by atoms with Gasteiger partial charge in [0.2, 0.25) is 5.91 Å². The maximum atomic E-state index is 12.0. The summed E-state index contributed by atoms with van der Waals surface area (Å²) in [6.45, 7) is 2.89. The van der Waals surface area contributed by atoms with Crippen molar-refractivity contribution in [1.29, 1.82) is 0 Å². The lowest BCUT2D eigenvalue weighted by atomic mass is 10.1. The SMILES string of the molecule is O=C1CC2CNCCN2c2cc(C3CC3)ccc2N1. The molecule has 1 saturated heterocycles. The van der Waals surface area contributed by atoms with Crippen LogP contribution in [0, 0.1) is 0 Å². The number of anilines is 2. The first kappa shape index (κ1) is 11.3. The summed E-state index contributed by atoms with van der Waals surface area (Å²) < 4.78 is 0. The van der Waals surface area contributed by atoms with Crippen LogP contribution in [0.4, 0.5) is 11.4 Å². The van der Waals surface area contributed by atoms with Crippen LogP contribution in [0.2, 0.25) is 0 Å². The maximum absolute atomic E-state index is 12.0. The molecule has 3 aliphatic rings. The Morgan fingerprint density at radius 2 is 2.16 bits per heavy atom. The van der Waals surface area contributed by atoms with Gasteiger partial charge in [0, 0.05) is 26.1 Å². The Morgan fingerprint density at radius 3 is 3.00 bits per heavy atom. The number of rotatable bonds is 1. The minimum absolute atomic E-state index is 0.136. The summed E-state index contributed by atoms with van der Waals surface area (Å²) in [6.07, 6.45) is 3.21. The molecule has 4 rings (SSSR count). The highest BCUT2D eigenvalue weighted by molar-refractivity contribution is 5.97. The third-order valence-electron chi connectivity index (χ3n) is 4.43. The van der Waals surface area contributed by atoms with Crippen molar-refractivity contribution in [2.45, 2.75) is 31.2 Å². The van der Waals surface area contributed by atoms with Gasteiger partial charge in [-0.25, -0.2) is 0 Å². The van der Waals surface area contributed by atoms with Gasteiger partial charge in [-0.3, -0.25) is 4.79 Å². The zero-order valence-corrected chi connectivity index (χ0v) is 11.0. The van der Waals surface area contributed by atoms with Gasteiger partial charge < -0.3 is 15.5 Å². The highest BCUT2D eigenvalue weighted by atomic mass is 16.1. The van der Waals surface area contributed by atoms with E-state index < -0.39 is 0 Å². The van der Waals surface area contributed by atoms with Crippen LogP contribution in [-0.2, 0) is 4.79 Å². The monoisotopic (exact) mass is 257 g/mol. The van der Waals surface area contributed by atoms with E-state index in [0.717, 1.165) is 31.2 Å². The third kappa shape index (κ3) is 2.00. The fourth-order valence-corrected chi connectivity index (χ4v) is 3.24. The molecule has 1 aromatic rings. The Morgan fingerprint density at radius 1 is 1.26 bits per heavy atom. The average Bonchev–Trinajstić information content (AvgIpc) is 3.24. The summed E-state index contributed by atoms with van der Waals surface area (Å²) in [6, 6.07) is 6.87. The number of hydrogen-bond acceptors (Lipinski definition) is 3. The molecule has 0 bridgehead atoms. The standard InChI is InChI=1S/C15H19N3O/c19-15-8-12-9-16-5-6-18(12)14-7-11(10-1-2-10)3-4-13(14)17-15/h3-4,7,10,12,16H,1-2,5-6,8-9H2,(H,17,19). The molecule has 4 nitrogen and oxygen atoms in total. The van der Waals surface area contributed by atoms with Crippen LogP contribution in [0.3, 0.4) is 0 Å². The van der Waals surface area contributed by atoms with Crippen LogP contribution in [0.15, 0.2) is 18.2 Å². The third-order valence-corrected chi connectivity index (χ3v) is 4.43. The van der Waals surface area contributed by atoms with Crippen LogP contribution in [0.1, 0.15) is 30.7 Å². The van der Waals surface area contributed by atoms with Gasteiger partial charge in [-0.15, -0.1) is 0 Å². The molecule has 2 aliphatic heterocycles. The molecule has 0 radical (unpaired) electrons. The second-order valence-electron chi connectivity index (χ2n) is 5.85. The smallest absolute Gasteiger partial charge is 0.226 e. The predicted octanol–water partition coefficient (Wildman–Crippen LogP) is 1.68. The van der Waals surface area contributed by atoms with Gasteiger partial charge in [-0.2, -0.15) is 0 Å². The lowest BCUT2D eigenvalue weighted by Crippen LogP contribution is -2.51. The van der Waals surface area contributed by atoms with Crippen molar-refractivity contribution in [2.75, 3.05) is 29.9 Å². The number of piperazine rings is 1. The van der Waals surface area contributed by atoms with Gasteiger partial charge >= 0.3 is 0 Å². The van der Waals surface area contributed by atoms with Crippen molar-refractivity contribution in [2.24, 2.45) is 0 Å². The van der Waals surface area contributed by atoms with Gasteiger partial charge in [0.05, 0.1) is 17.4 Å². The largest absolute Gasteiger partial charge is 0.364 e. The number of fused-ring (bicyclic) bond motifs is 3. The predicted molar refractivity (Wildman–Crippen MR) is 75.7 cm³/mol.